The van der Waals surface area contributed by atoms with E-state index in [0.29, 0.717) is 6.61 Å². The van der Waals surface area contributed by atoms with Gasteiger partial charge in [-0.15, -0.1) is 0 Å². The van der Waals surface area contributed by atoms with Gasteiger partial charge in [0.1, 0.15) is 5.75 Å². The van der Waals surface area contributed by atoms with Crippen LogP contribution in [0.2, 0.25) is 0 Å². The summed E-state index contributed by atoms with van der Waals surface area (Å²) >= 11 is 0. The third-order valence-electron chi connectivity index (χ3n) is 2.60. The molecule has 92 valence electrons. The first-order chi connectivity index (χ1) is 8.20. The molecule has 0 radical (unpaired) electrons. The van der Waals surface area contributed by atoms with Crippen LogP contribution in [0.5, 0.6) is 5.75 Å². The quantitative estimate of drug-likeness (QED) is 0.753. The number of hydrogen-bond acceptors (Lipinski definition) is 4. The van der Waals surface area contributed by atoms with Crippen molar-refractivity contribution in [3.8, 4) is 5.75 Å². The van der Waals surface area contributed by atoms with Gasteiger partial charge in [0.15, 0.2) is 6.23 Å². The van der Waals surface area contributed by atoms with Crippen molar-refractivity contribution in [2.45, 2.75) is 20.1 Å². The Kier molecular flexibility index (Phi) is 3.64. The van der Waals surface area contributed by atoms with Crippen molar-refractivity contribution in [1.29, 1.82) is 0 Å². The van der Waals surface area contributed by atoms with Crippen molar-refractivity contribution in [2.24, 2.45) is 5.10 Å². The van der Waals surface area contributed by atoms with Crippen LogP contribution in [-0.4, -0.2) is 31.0 Å². The molecule has 0 aromatic heterocycles. The van der Waals surface area contributed by atoms with E-state index in [4.69, 9.17) is 9.47 Å². The summed E-state index contributed by atoms with van der Waals surface area (Å²) in [6.07, 6.45) is -0.0733. The van der Waals surface area contributed by atoms with Gasteiger partial charge in [-0.1, -0.05) is 12.1 Å². The Labute approximate surface area is 102 Å². The van der Waals surface area contributed by atoms with Crippen LogP contribution in [0.4, 0.5) is 0 Å². The van der Waals surface area contributed by atoms with Crippen LogP contribution in [-0.2, 0) is 4.74 Å². The van der Waals surface area contributed by atoms with Crippen molar-refractivity contribution < 1.29 is 9.47 Å². The zero-order valence-electron chi connectivity index (χ0n) is 10.5. The topological polar surface area (TPSA) is 34.1 Å². The van der Waals surface area contributed by atoms with Crippen LogP contribution in [0.3, 0.4) is 0 Å². The van der Waals surface area contributed by atoms with Crippen molar-refractivity contribution >= 4 is 5.71 Å². The fourth-order valence-corrected chi connectivity index (χ4v) is 1.86. The van der Waals surface area contributed by atoms with Crippen molar-refractivity contribution in [3.63, 3.8) is 0 Å². The smallest absolute Gasteiger partial charge is 0.171 e. The van der Waals surface area contributed by atoms with Crippen LogP contribution < -0.4 is 4.74 Å². The van der Waals surface area contributed by atoms with Gasteiger partial charge in [-0.3, -0.25) is 5.01 Å². The summed E-state index contributed by atoms with van der Waals surface area (Å²) in [5.41, 5.74) is 2.14. The lowest BCUT2D eigenvalue weighted by atomic mass is 10.2. The van der Waals surface area contributed by atoms with Gasteiger partial charge in [0.25, 0.3) is 0 Å². The predicted molar refractivity (Wildman–Crippen MR) is 67.2 cm³/mol. The molecule has 4 heteroatoms. The molecule has 0 aliphatic carbocycles. The summed E-state index contributed by atoms with van der Waals surface area (Å²) in [6.45, 7) is 5.53. The van der Waals surface area contributed by atoms with E-state index < -0.39 is 0 Å². The Morgan fingerprint density at radius 1 is 1.35 bits per heavy atom. The first-order valence-corrected chi connectivity index (χ1v) is 5.74. The molecule has 1 aliphatic rings. The van der Waals surface area contributed by atoms with E-state index in [0.717, 1.165) is 23.6 Å². The highest BCUT2D eigenvalue weighted by atomic mass is 16.5. The summed E-state index contributed by atoms with van der Waals surface area (Å²) in [5.74, 6) is 0.855. The molecule has 1 unspecified atom stereocenters. The zero-order valence-corrected chi connectivity index (χ0v) is 10.5. The fraction of sp³-hybridized carbons (Fsp3) is 0.462. The second-order valence-corrected chi connectivity index (χ2v) is 4.21. The summed E-state index contributed by atoms with van der Waals surface area (Å²) in [6, 6.07) is 7.92. The number of rotatable bonds is 3. The van der Waals surface area contributed by atoms with Gasteiger partial charge in [0, 0.05) is 11.3 Å². The molecule has 2 rings (SSSR count). The van der Waals surface area contributed by atoms with Crippen molar-refractivity contribution in [2.75, 3.05) is 20.3 Å². The molecule has 1 aromatic rings. The second-order valence-electron chi connectivity index (χ2n) is 4.21. The molecule has 1 fully saturated rings. The number of ether oxygens (including phenoxy) is 2. The normalized spacial score (nSPS) is 19.2. The first-order valence-electron chi connectivity index (χ1n) is 5.74. The Morgan fingerprint density at radius 2 is 2.06 bits per heavy atom. The molecular formula is C13H18N2O2. The number of nitrogens with zero attached hydrogens (tertiary/aromatic N) is 2. The molecule has 1 saturated heterocycles. The first kappa shape index (κ1) is 11.9. The molecule has 4 nitrogen and oxygen atoms in total. The third-order valence-corrected chi connectivity index (χ3v) is 2.60. The van der Waals surface area contributed by atoms with Gasteiger partial charge in [-0.25, -0.2) is 0 Å². The Bertz CT molecular complexity index is 396. The number of methoxy groups -OCH3 is 1. The molecule has 1 aliphatic heterocycles. The van der Waals surface area contributed by atoms with E-state index >= 15 is 0 Å². The highest BCUT2D eigenvalue weighted by Gasteiger charge is 2.25. The highest BCUT2D eigenvalue weighted by Crippen LogP contribution is 2.28. The minimum Gasteiger partial charge on any atom is -0.497 e. The lowest BCUT2D eigenvalue weighted by molar-refractivity contribution is 0.0340. The van der Waals surface area contributed by atoms with Gasteiger partial charge in [0.05, 0.1) is 20.3 Å². The molecule has 1 aromatic carbocycles. The fourth-order valence-electron chi connectivity index (χ4n) is 1.86. The van der Waals surface area contributed by atoms with Gasteiger partial charge < -0.3 is 9.47 Å². The van der Waals surface area contributed by atoms with Crippen molar-refractivity contribution in [3.05, 3.63) is 29.8 Å². The average molecular weight is 234 g/mol. The minimum absolute atomic E-state index is 0.0733. The van der Waals surface area contributed by atoms with E-state index in [9.17, 15) is 0 Å². The summed E-state index contributed by atoms with van der Waals surface area (Å²) in [4.78, 5) is 0. The largest absolute Gasteiger partial charge is 0.497 e. The van der Waals surface area contributed by atoms with E-state index in [1.54, 1.807) is 7.11 Å². The molecule has 0 N–H and O–H groups in total. The van der Waals surface area contributed by atoms with Crippen LogP contribution in [0, 0.1) is 0 Å². The average Bonchev–Trinajstić information content (AvgIpc) is 2.76. The zero-order chi connectivity index (χ0) is 12.3. The Morgan fingerprint density at radius 3 is 2.65 bits per heavy atom. The maximum Gasteiger partial charge on any atom is 0.171 e. The number of hydrogen-bond donors (Lipinski definition) is 0. The van der Waals surface area contributed by atoms with E-state index in [-0.39, 0.29) is 6.23 Å². The molecule has 0 spiro atoms. The van der Waals surface area contributed by atoms with Crippen LogP contribution in [0.15, 0.2) is 29.4 Å². The molecule has 0 amide bonds. The molecule has 0 saturated carbocycles. The van der Waals surface area contributed by atoms with Gasteiger partial charge in [0.2, 0.25) is 0 Å². The number of hydrazone groups is 1. The van der Waals surface area contributed by atoms with Crippen molar-refractivity contribution in [1.82, 2.24) is 5.01 Å². The standard InChI is InChI=1S/C13H18N2O2/c1-10(2)14-15-8-9-17-13(15)11-4-6-12(16-3)7-5-11/h4-7,13H,8-9H2,1-3H3. The van der Waals surface area contributed by atoms with Crippen LogP contribution in [0.1, 0.15) is 25.6 Å². The Hall–Kier alpha value is -1.55. The summed E-state index contributed by atoms with van der Waals surface area (Å²) < 4.78 is 10.8. The summed E-state index contributed by atoms with van der Waals surface area (Å²) in [7, 11) is 1.66. The molecule has 0 bridgehead atoms. The Balaban J connectivity index is 2.17. The van der Waals surface area contributed by atoms with E-state index in [1.807, 2.05) is 43.1 Å². The SMILES string of the molecule is COc1ccc(C2OCCN2N=C(C)C)cc1. The van der Waals surface area contributed by atoms with E-state index in [1.165, 1.54) is 0 Å². The number of benzene rings is 1. The third kappa shape index (κ3) is 2.77. The second kappa shape index (κ2) is 5.19. The van der Waals surface area contributed by atoms with Gasteiger partial charge in [-0.05, 0) is 26.0 Å². The van der Waals surface area contributed by atoms with Gasteiger partial charge >= 0.3 is 0 Å². The van der Waals surface area contributed by atoms with Crippen LogP contribution in [0.25, 0.3) is 0 Å². The monoisotopic (exact) mass is 234 g/mol. The maximum atomic E-state index is 5.70. The lowest BCUT2D eigenvalue weighted by Gasteiger charge is -2.20. The highest BCUT2D eigenvalue weighted by molar-refractivity contribution is 5.78. The lowest BCUT2D eigenvalue weighted by Crippen LogP contribution is -2.19. The molecule has 17 heavy (non-hydrogen) atoms. The summed E-state index contributed by atoms with van der Waals surface area (Å²) in [5, 5.41) is 6.45. The molecular weight excluding hydrogens is 216 g/mol. The van der Waals surface area contributed by atoms with Crippen LogP contribution >= 0.6 is 0 Å². The minimum atomic E-state index is -0.0733. The molecule has 1 heterocycles. The predicted octanol–water partition coefficient (Wildman–Crippen LogP) is 2.42. The van der Waals surface area contributed by atoms with Gasteiger partial charge in [-0.2, -0.15) is 5.10 Å². The molecule has 1 atom stereocenters. The maximum absolute atomic E-state index is 5.70. The van der Waals surface area contributed by atoms with E-state index in [2.05, 4.69) is 5.10 Å².